The molecule has 3 N–H and O–H groups in total. The van der Waals surface area contributed by atoms with Gasteiger partial charge in [-0.3, -0.25) is 4.79 Å². The van der Waals surface area contributed by atoms with Crippen LogP contribution < -0.4 is 10.6 Å². The van der Waals surface area contributed by atoms with Crippen LogP contribution in [0.3, 0.4) is 0 Å². The monoisotopic (exact) mass is 349 g/mol. The molecule has 6 nitrogen and oxygen atoms in total. The van der Waals surface area contributed by atoms with Gasteiger partial charge in [-0.1, -0.05) is 48.5 Å². The van der Waals surface area contributed by atoms with Crippen molar-refractivity contribution in [3.63, 3.8) is 0 Å². The first-order valence-electron chi connectivity index (χ1n) is 8.57. The number of benzene rings is 2. The van der Waals surface area contributed by atoms with Gasteiger partial charge in [0.1, 0.15) is 0 Å². The maximum atomic E-state index is 12.6. The van der Waals surface area contributed by atoms with Crippen LogP contribution in [0, 0.1) is 0 Å². The molecule has 1 aromatic heterocycles. The number of alkyl carbamates (subject to hydrolysis) is 1. The van der Waals surface area contributed by atoms with Crippen LogP contribution in [-0.2, 0) is 16.0 Å². The average molecular weight is 349 g/mol. The quantitative estimate of drug-likeness (QED) is 0.662. The van der Waals surface area contributed by atoms with Crippen molar-refractivity contribution in [1.29, 1.82) is 0 Å². The van der Waals surface area contributed by atoms with Crippen LogP contribution in [0.4, 0.5) is 4.79 Å². The lowest BCUT2D eigenvalue weighted by Crippen LogP contribution is -2.44. The first-order chi connectivity index (χ1) is 12.7. The maximum Gasteiger partial charge on any atom is 0.408 e. The number of fused-ring (bicyclic) bond motifs is 1. The van der Waals surface area contributed by atoms with Crippen molar-refractivity contribution in [1.82, 2.24) is 15.6 Å². The highest BCUT2D eigenvalue weighted by atomic mass is 16.6. The van der Waals surface area contributed by atoms with Crippen molar-refractivity contribution in [2.45, 2.75) is 18.6 Å². The Bertz CT molecular complexity index is 936. The fourth-order valence-electron chi connectivity index (χ4n) is 3.30. The molecule has 132 valence electrons. The van der Waals surface area contributed by atoms with Gasteiger partial charge in [0.2, 0.25) is 5.91 Å². The lowest BCUT2D eigenvalue weighted by molar-refractivity contribution is -0.124. The number of cyclic esters (lactones) is 1. The number of hydrogen-bond acceptors (Lipinski definition) is 3. The Labute approximate surface area is 150 Å². The van der Waals surface area contributed by atoms with Gasteiger partial charge in [0.15, 0.2) is 12.1 Å². The van der Waals surface area contributed by atoms with E-state index in [1.54, 1.807) is 0 Å². The Morgan fingerprint density at radius 3 is 2.69 bits per heavy atom. The fraction of sp³-hybridized carbons (Fsp3) is 0.200. The zero-order valence-corrected chi connectivity index (χ0v) is 14.1. The molecule has 1 saturated heterocycles. The minimum Gasteiger partial charge on any atom is -0.439 e. The van der Waals surface area contributed by atoms with Crippen LogP contribution in [-0.4, -0.2) is 29.6 Å². The summed E-state index contributed by atoms with van der Waals surface area (Å²) in [6.45, 7) is 0.481. The lowest BCUT2D eigenvalue weighted by atomic mass is 10.0. The zero-order chi connectivity index (χ0) is 17.9. The van der Waals surface area contributed by atoms with Gasteiger partial charge in [0, 0.05) is 23.6 Å². The summed E-state index contributed by atoms with van der Waals surface area (Å²) in [5, 5.41) is 6.65. The SMILES string of the molecule is O=C1NC(C(=O)NCCc2c[nH]c3ccccc23)C(c2ccccc2)O1. The lowest BCUT2D eigenvalue weighted by Gasteiger charge is -2.16. The predicted molar refractivity (Wildman–Crippen MR) is 97.6 cm³/mol. The fourth-order valence-corrected chi connectivity index (χ4v) is 3.30. The van der Waals surface area contributed by atoms with Crippen molar-refractivity contribution in [3.8, 4) is 0 Å². The topological polar surface area (TPSA) is 83.2 Å². The van der Waals surface area contributed by atoms with E-state index in [0.717, 1.165) is 22.0 Å². The summed E-state index contributed by atoms with van der Waals surface area (Å²) in [7, 11) is 0. The first-order valence-corrected chi connectivity index (χ1v) is 8.57. The highest BCUT2D eigenvalue weighted by Crippen LogP contribution is 2.26. The summed E-state index contributed by atoms with van der Waals surface area (Å²) < 4.78 is 5.28. The van der Waals surface area contributed by atoms with E-state index < -0.39 is 18.2 Å². The molecule has 6 heteroatoms. The molecule has 2 amide bonds. The summed E-state index contributed by atoms with van der Waals surface area (Å²) >= 11 is 0. The van der Waals surface area contributed by atoms with E-state index in [1.165, 1.54) is 0 Å². The van der Waals surface area contributed by atoms with Crippen LogP contribution in [0.2, 0.25) is 0 Å². The van der Waals surface area contributed by atoms with Crippen LogP contribution in [0.5, 0.6) is 0 Å². The summed E-state index contributed by atoms with van der Waals surface area (Å²) in [5.41, 5.74) is 3.02. The molecule has 0 radical (unpaired) electrons. The molecule has 0 aliphatic carbocycles. The van der Waals surface area contributed by atoms with E-state index in [0.29, 0.717) is 13.0 Å². The highest BCUT2D eigenvalue weighted by molar-refractivity contribution is 5.89. The minimum absolute atomic E-state index is 0.246. The Kier molecular flexibility index (Phi) is 4.31. The molecule has 1 aliphatic heterocycles. The van der Waals surface area contributed by atoms with Crippen molar-refractivity contribution in [3.05, 3.63) is 71.9 Å². The van der Waals surface area contributed by atoms with Gasteiger partial charge >= 0.3 is 6.09 Å². The number of hydrogen-bond donors (Lipinski definition) is 3. The number of carbonyl (C=O) groups excluding carboxylic acids is 2. The molecule has 2 unspecified atom stereocenters. The van der Waals surface area contributed by atoms with Crippen molar-refractivity contribution in [2.24, 2.45) is 0 Å². The van der Waals surface area contributed by atoms with E-state index in [9.17, 15) is 9.59 Å². The Balaban J connectivity index is 1.40. The molecule has 4 rings (SSSR count). The Hall–Kier alpha value is -3.28. The van der Waals surface area contributed by atoms with Gasteiger partial charge in [-0.25, -0.2) is 4.79 Å². The van der Waals surface area contributed by atoms with Gasteiger partial charge in [-0.15, -0.1) is 0 Å². The molecule has 3 aromatic rings. The molecule has 2 aromatic carbocycles. The largest absolute Gasteiger partial charge is 0.439 e. The molecule has 26 heavy (non-hydrogen) atoms. The van der Waals surface area contributed by atoms with E-state index in [-0.39, 0.29) is 5.91 Å². The third kappa shape index (κ3) is 3.13. The molecule has 0 saturated carbocycles. The van der Waals surface area contributed by atoms with Gasteiger partial charge in [0.25, 0.3) is 0 Å². The molecule has 2 atom stereocenters. The zero-order valence-electron chi connectivity index (χ0n) is 14.1. The molecule has 1 aliphatic rings. The summed E-state index contributed by atoms with van der Waals surface area (Å²) in [4.78, 5) is 27.4. The standard InChI is InChI=1S/C20H19N3O3/c24-19(17-18(26-20(25)23-17)13-6-2-1-3-7-13)21-11-10-14-12-22-16-9-5-4-8-15(14)16/h1-9,12,17-18,22H,10-11H2,(H,21,24)(H,23,25). The number of rotatable bonds is 5. The molecule has 0 spiro atoms. The van der Waals surface area contributed by atoms with Gasteiger partial charge in [-0.2, -0.15) is 0 Å². The smallest absolute Gasteiger partial charge is 0.408 e. The Morgan fingerprint density at radius 1 is 1.08 bits per heavy atom. The van der Waals surface area contributed by atoms with Crippen LogP contribution >= 0.6 is 0 Å². The second-order valence-corrected chi connectivity index (χ2v) is 6.26. The van der Waals surface area contributed by atoms with E-state index in [2.05, 4.69) is 21.7 Å². The second-order valence-electron chi connectivity index (χ2n) is 6.26. The van der Waals surface area contributed by atoms with Crippen molar-refractivity contribution >= 4 is 22.9 Å². The number of H-pyrrole nitrogens is 1. The van der Waals surface area contributed by atoms with Gasteiger partial charge in [-0.05, 0) is 23.6 Å². The molecular weight excluding hydrogens is 330 g/mol. The maximum absolute atomic E-state index is 12.6. The van der Waals surface area contributed by atoms with Gasteiger partial charge in [0.05, 0.1) is 0 Å². The number of aromatic nitrogens is 1. The predicted octanol–water partition coefficient (Wildman–Crippen LogP) is 2.68. The van der Waals surface area contributed by atoms with Crippen molar-refractivity contribution < 1.29 is 14.3 Å². The number of carbonyl (C=O) groups is 2. The molecular formula is C20H19N3O3. The number of para-hydroxylation sites is 1. The van der Waals surface area contributed by atoms with E-state index in [4.69, 9.17) is 4.74 Å². The number of nitrogens with one attached hydrogen (secondary N) is 3. The van der Waals surface area contributed by atoms with E-state index >= 15 is 0 Å². The average Bonchev–Trinajstić information content (AvgIpc) is 3.26. The summed E-state index contributed by atoms with van der Waals surface area (Å²) in [6, 6.07) is 16.6. The summed E-state index contributed by atoms with van der Waals surface area (Å²) in [5.74, 6) is -0.246. The number of amides is 2. The molecule has 1 fully saturated rings. The van der Waals surface area contributed by atoms with E-state index in [1.807, 2.05) is 54.7 Å². The molecule has 0 bridgehead atoms. The normalized spacial score (nSPS) is 19.2. The number of ether oxygens (including phenoxy) is 1. The Morgan fingerprint density at radius 2 is 1.85 bits per heavy atom. The van der Waals surface area contributed by atoms with Gasteiger partial charge < -0.3 is 20.4 Å². The van der Waals surface area contributed by atoms with Crippen molar-refractivity contribution in [2.75, 3.05) is 6.54 Å². The highest BCUT2D eigenvalue weighted by Gasteiger charge is 2.39. The van der Waals surface area contributed by atoms with Crippen LogP contribution in [0.1, 0.15) is 17.2 Å². The molecule has 2 heterocycles. The van der Waals surface area contributed by atoms with Crippen LogP contribution in [0.15, 0.2) is 60.8 Å². The first kappa shape index (κ1) is 16.2. The summed E-state index contributed by atoms with van der Waals surface area (Å²) in [6.07, 6.45) is 1.48. The third-order valence-corrected chi connectivity index (χ3v) is 4.59. The second kappa shape index (κ2) is 6.92. The third-order valence-electron chi connectivity index (χ3n) is 4.59. The van der Waals surface area contributed by atoms with Crippen LogP contribution in [0.25, 0.3) is 10.9 Å². The minimum atomic E-state index is -0.729. The number of aromatic amines is 1.